The molecule has 6 aromatic carbocycles. The first-order valence-corrected chi connectivity index (χ1v) is 15.4. The van der Waals surface area contributed by atoms with Gasteiger partial charge in [0.1, 0.15) is 0 Å². The van der Waals surface area contributed by atoms with Crippen molar-refractivity contribution in [3.63, 3.8) is 0 Å². The summed E-state index contributed by atoms with van der Waals surface area (Å²) in [6.07, 6.45) is 0. The Hall–Kier alpha value is -3.92. The molecule has 214 valence electrons. The Balaban J connectivity index is 1.59. The molecule has 0 spiro atoms. The predicted octanol–water partition coefficient (Wildman–Crippen LogP) is 10.0. The van der Waals surface area contributed by atoms with E-state index in [4.69, 9.17) is 9.31 Å². The van der Waals surface area contributed by atoms with Crippen LogP contribution in [0, 0.1) is 27.7 Å². The minimum absolute atomic E-state index is 0.401. The molecule has 0 radical (unpaired) electrons. The smallest absolute Gasteiger partial charge is 0.399 e. The van der Waals surface area contributed by atoms with Crippen LogP contribution in [0.2, 0.25) is 0 Å². The fourth-order valence-electron chi connectivity index (χ4n) is 6.88. The Morgan fingerprint density at radius 1 is 0.442 bits per heavy atom. The van der Waals surface area contributed by atoms with E-state index in [9.17, 15) is 0 Å². The van der Waals surface area contributed by atoms with E-state index in [1.165, 1.54) is 76.8 Å². The van der Waals surface area contributed by atoms with Crippen molar-refractivity contribution in [1.29, 1.82) is 0 Å². The molecule has 2 nitrogen and oxygen atoms in total. The van der Waals surface area contributed by atoms with Gasteiger partial charge in [-0.05, 0) is 128 Å². The molecule has 0 aromatic heterocycles. The van der Waals surface area contributed by atoms with E-state index >= 15 is 0 Å². The fourth-order valence-corrected chi connectivity index (χ4v) is 6.88. The number of aryl methyl sites for hydroxylation is 4. The van der Waals surface area contributed by atoms with Gasteiger partial charge in [0.25, 0.3) is 0 Å². The second kappa shape index (κ2) is 9.81. The molecule has 7 rings (SSSR count). The van der Waals surface area contributed by atoms with Crippen LogP contribution in [-0.2, 0) is 9.31 Å². The molecule has 1 saturated heterocycles. The molecule has 0 N–H and O–H groups in total. The summed E-state index contributed by atoms with van der Waals surface area (Å²) in [5.74, 6) is 0. The lowest BCUT2D eigenvalue weighted by Crippen LogP contribution is -2.41. The van der Waals surface area contributed by atoms with Gasteiger partial charge < -0.3 is 9.31 Å². The highest BCUT2D eigenvalue weighted by molar-refractivity contribution is 6.62. The molecule has 0 aliphatic carbocycles. The van der Waals surface area contributed by atoms with Crippen LogP contribution in [0.5, 0.6) is 0 Å². The van der Waals surface area contributed by atoms with Crippen LogP contribution in [-0.4, -0.2) is 18.3 Å². The summed E-state index contributed by atoms with van der Waals surface area (Å²) in [5, 5.41) is 7.50. The SMILES string of the molecule is Cc1cc(C)cc(-c2cc3c4cc(B5OC(C)(C)C(C)(C)O5)ccc4c(-c4cc(C)cc(C)c4)cc3c3ccccc23)c1. The monoisotopic (exact) mass is 562 g/mol. The van der Waals surface area contributed by atoms with Crippen LogP contribution in [0.3, 0.4) is 0 Å². The third-order valence-electron chi connectivity index (χ3n) is 9.59. The molecule has 0 amide bonds. The second-order valence-corrected chi connectivity index (χ2v) is 13.6. The highest BCUT2D eigenvalue weighted by Crippen LogP contribution is 2.43. The lowest BCUT2D eigenvalue weighted by molar-refractivity contribution is 0.00578. The summed E-state index contributed by atoms with van der Waals surface area (Å²) in [6.45, 7) is 17.2. The number of hydrogen-bond donors (Lipinski definition) is 0. The Morgan fingerprint density at radius 2 is 0.860 bits per heavy atom. The first kappa shape index (κ1) is 27.9. The lowest BCUT2D eigenvalue weighted by atomic mass is 9.77. The third kappa shape index (κ3) is 4.67. The summed E-state index contributed by atoms with van der Waals surface area (Å²) in [7, 11) is -0.423. The zero-order valence-corrected chi connectivity index (χ0v) is 26.6. The van der Waals surface area contributed by atoms with Crippen molar-refractivity contribution in [1.82, 2.24) is 0 Å². The molecule has 6 aromatic rings. The van der Waals surface area contributed by atoms with Crippen LogP contribution in [0.1, 0.15) is 49.9 Å². The van der Waals surface area contributed by atoms with Crippen LogP contribution >= 0.6 is 0 Å². The topological polar surface area (TPSA) is 18.5 Å². The third-order valence-corrected chi connectivity index (χ3v) is 9.59. The lowest BCUT2D eigenvalue weighted by Gasteiger charge is -2.32. The molecule has 0 atom stereocenters. The number of fused-ring (bicyclic) bond motifs is 5. The number of benzene rings is 6. The molecule has 0 bridgehead atoms. The minimum Gasteiger partial charge on any atom is -0.399 e. The van der Waals surface area contributed by atoms with Gasteiger partial charge in [-0.3, -0.25) is 0 Å². The van der Waals surface area contributed by atoms with Gasteiger partial charge in [0.05, 0.1) is 11.2 Å². The molecule has 1 aliphatic rings. The molecule has 1 aliphatic heterocycles. The molecule has 1 fully saturated rings. The predicted molar refractivity (Wildman–Crippen MR) is 184 cm³/mol. The Bertz CT molecular complexity index is 2030. The van der Waals surface area contributed by atoms with E-state index in [1.807, 2.05) is 0 Å². The van der Waals surface area contributed by atoms with E-state index in [0.717, 1.165) is 5.46 Å². The molecule has 1 heterocycles. The minimum atomic E-state index is -0.423. The van der Waals surface area contributed by atoms with Gasteiger partial charge >= 0.3 is 7.12 Å². The standard InChI is InChI=1S/C40H39BO2/c1-24-15-25(2)18-28(17-24)34-23-38-36-21-30(41-42-39(5,6)40(7,8)43-41)13-14-33(36)35(29-19-26(3)16-27(4)20-29)22-37(38)32-12-10-9-11-31(32)34/h9-23H,1-8H3. The van der Waals surface area contributed by atoms with Crippen molar-refractivity contribution in [3.05, 3.63) is 113 Å². The van der Waals surface area contributed by atoms with Gasteiger partial charge in [-0.2, -0.15) is 0 Å². The quantitative estimate of drug-likeness (QED) is 0.158. The average Bonchev–Trinajstić information content (AvgIpc) is 3.17. The maximum Gasteiger partial charge on any atom is 0.494 e. The van der Waals surface area contributed by atoms with E-state index in [2.05, 4.69) is 146 Å². The summed E-state index contributed by atoms with van der Waals surface area (Å²) >= 11 is 0. The van der Waals surface area contributed by atoms with Crippen molar-refractivity contribution < 1.29 is 9.31 Å². The van der Waals surface area contributed by atoms with E-state index < -0.39 is 18.3 Å². The normalized spacial score (nSPS) is 16.0. The molecular formula is C40H39BO2. The van der Waals surface area contributed by atoms with Crippen molar-refractivity contribution in [2.45, 2.75) is 66.6 Å². The molecule has 0 saturated carbocycles. The second-order valence-electron chi connectivity index (χ2n) is 13.6. The zero-order chi connectivity index (χ0) is 30.3. The Morgan fingerprint density at radius 3 is 1.37 bits per heavy atom. The first-order chi connectivity index (χ1) is 20.4. The molecular weight excluding hydrogens is 523 g/mol. The van der Waals surface area contributed by atoms with Gasteiger partial charge in [-0.1, -0.05) is 101 Å². The van der Waals surface area contributed by atoms with Crippen molar-refractivity contribution in [2.24, 2.45) is 0 Å². The average molecular weight is 563 g/mol. The van der Waals surface area contributed by atoms with Crippen molar-refractivity contribution in [3.8, 4) is 22.3 Å². The Labute approximate surface area is 255 Å². The first-order valence-electron chi connectivity index (χ1n) is 15.4. The number of rotatable bonds is 3. The van der Waals surface area contributed by atoms with Gasteiger partial charge in [0, 0.05) is 0 Å². The van der Waals surface area contributed by atoms with Gasteiger partial charge in [0.2, 0.25) is 0 Å². The van der Waals surface area contributed by atoms with E-state index in [0.29, 0.717) is 0 Å². The Kier molecular flexibility index (Phi) is 6.36. The van der Waals surface area contributed by atoms with Crippen molar-refractivity contribution >= 4 is 44.9 Å². The maximum atomic E-state index is 6.52. The maximum absolute atomic E-state index is 6.52. The highest BCUT2D eigenvalue weighted by atomic mass is 16.7. The molecule has 43 heavy (non-hydrogen) atoms. The van der Waals surface area contributed by atoms with Crippen LogP contribution < -0.4 is 5.46 Å². The summed E-state index contributed by atoms with van der Waals surface area (Å²) < 4.78 is 13.0. The largest absolute Gasteiger partial charge is 0.494 e. The molecule has 3 heteroatoms. The van der Waals surface area contributed by atoms with Crippen LogP contribution in [0.15, 0.2) is 91.0 Å². The summed E-state index contributed by atoms with van der Waals surface area (Å²) in [6, 6.07) is 34.2. The van der Waals surface area contributed by atoms with Gasteiger partial charge in [-0.15, -0.1) is 0 Å². The summed E-state index contributed by atoms with van der Waals surface area (Å²) in [5.41, 5.74) is 10.3. The zero-order valence-electron chi connectivity index (χ0n) is 26.6. The van der Waals surface area contributed by atoms with E-state index in [1.54, 1.807) is 0 Å². The number of hydrogen-bond acceptors (Lipinski definition) is 2. The fraction of sp³-hybridized carbons (Fsp3) is 0.250. The van der Waals surface area contributed by atoms with Crippen molar-refractivity contribution in [2.75, 3.05) is 0 Å². The highest BCUT2D eigenvalue weighted by Gasteiger charge is 2.51. The van der Waals surface area contributed by atoms with E-state index in [-0.39, 0.29) is 0 Å². The van der Waals surface area contributed by atoms with Crippen LogP contribution in [0.4, 0.5) is 0 Å². The van der Waals surface area contributed by atoms with Gasteiger partial charge in [-0.25, -0.2) is 0 Å². The van der Waals surface area contributed by atoms with Gasteiger partial charge in [0.15, 0.2) is 0 Å². The van der Waals surface area contributed by atoms with Crippen LogP contribution in [0.25, 0.3) is 54.6 Å². The summed E-state index contributed by atoms with van der Waals surface area (Å²) in [4.78, 5) is 0. The molecule has 0 unspecified atom stereocenters.